The molecule has 2 aromatic rings. The Morgan fingerprint density at radius 3 is 2.75 bits per heavy atom. The van der Waals surface area contributed by atoms with E-state index in [-0.39, 0.29) is 12.5 Å². The van der Waals surface area contributed by atoms with Crippen LogP contribution in [0, 0.1) is 0 Å². The van der Waals surface area contributed by atoms with E-state index in [2.05, 4.69) is 35.6 Å². The number of ether oxygens (including phenoxy) is 1. The number of hydrogen-bond donors (Lipinski definition) is 0. The van der Waals surface area contributed by atoms with Crippen LogP contribution in [0.4, 0.5) is 0 Å². The molecule has 0 unspecified atom stereocenters. The van der Waals surface area contributed by atoms with E-state index in [1.807, 2.05) is 18.2 Å². The van der Waals surface area contributed by atoms with Gasteiger partial charge in [-0.15, -0.1) is 0 Å². The summed E-state index contributed by atoms with van der Waals surface area (Å²) in [5.74, 6) is -0.361. The number of hydrogen-bond acceptors (Lipinski definition) is 3. The van der Waals surface area contributed by atoms with Gasteiger partial charge in [-0.25, -0.2) is 9.36 Å². The predicted octanol–water partition coefficient (Wildman–Crippen LogP) is 3.80. The molecular formula is C14H20BrNO3Si. The van der Waals surface area contributed by atoms with Gasteiger partial charge in [0.1, 0.15) is 6.73 Å². The highest BCUT2D eigenvalue weighted by Gasteiger charge is 2.13. The van der Waals surface area contributed by atoms with Crippen LogP contribution in [0.15, 0.2) is 27.4 Å². The highest BCUT2D eigenvalue weighted by molar-refractivity contribution is 9.08. The minimum atomic E-state index is -1.10. The zero-order valence-electron chi connectivity index (χ0n) is 12.1. The minimum Gasteiger partial charge on any atom is -0.408 e. The van der Waals surface area contributed by atoms with Crippen LogP contribution in [0.1, 0.15) is 5.56 Å². The summed E-state index contributed by atoms with van der Waals surface area (Å²) in [4.78, 5) is 11.8. The Morgan fingerprint density at radius 1 is 1.35 bits per heavy atom. The normalized spacial score (nSPS) is 12.2. The van der Waals surface area contributed by atoms with E-state index in [0.29, 0.717) is 12.2 Å². The van der Waals surface area contributed by atoms with Crippen LogP contribution in [0.25, 0.3) is 11.1 Å². The average Bonchev–Trinajstić information content (AvgIpc) is 2.68. The number of benzene rings is 1. The molecule has 110 valence electrons. The van der Waals surface area contributed by atoms with Gasteiger partial charge in [0.05, 0.1) is 5.52 Å². The highest BCUT2D eigenvalue weighted by atomic mass is 79.9. The van der Waals surface area contributed by atoms with Gasteiger partial charge >= 0.3 is 5.76 Å². The molecule has 1 heterocycles. The first-order valence-corrected chi connectivity index (χ1v) is 11.5. The van der Waals surface area contributed by atoms with Crippen molar-refractivity contribution in [1.82, 2.24) is 4.57 Å². The number of aromatic nitrogens is 1. The van der Waals surface area contributed by atoms with Gasteiger partial charge in [-0.3, -0.25) is 0 Å². The monoisotopic (exact) mass is 357 g/mol. The summed E-state index contributed by atoms with van der Waals surface area (Å²) >= 11 is 3.39. The zero-order chi connectivity index (χ0) is 14.8. The van der Waals surface area contributed by atoms with Crippen LogP contribution < -0.4 is 5.76 Å². The van der Waals surface area contributed by atoms with E-state index in [4.69, 9.17) is 9.15 Å². The molecule has 0 saturated heterocycles. The Kier molecular flexibility index (Phi) is 4.88. The summed E-state index contributed by atoms with van der Waals surface area (Å²) in [7, 11) is -1.10. The lowest BCUT2D eigenvalue weighted by Crippen LogP contribution is -2.23. The first-order valence-electron chi connectivity index (χ1n) is 6.67. The fraction of sp³-hybridized carbons (Fsp3) is 0.500. The Bertz CT molecular complexity index is 642. The van der Waals surface area contributed by atoms with Crippen molar-refractivity contribution in [1.29, 1.82) is 0 Å². The summed E-state index contributed by atoms with van der Waals surface area (Å²) in [6.07, 6.45) is 0. The number of rotatable bonds is 6. The van der Waals surface area contributed by atoms with E-state index in [1.165, 1.54) is 4.57 Å². The summed E-state index contributed by atoms with van der Waals surface area (Å²) in [5.41, 5.74) is 2.48. The first kappa shape index (κ1) is 15.5. The number of oxazole rings is 1. The molecule has 20 heavy (non-hydrogen) atoms. The molecular weight excluding hydrogens is 338 g/mol. The van der Waals surface area contributed by atoms with Crippen LogP contribution in [0.2, 0.25) is 25.7 Å². The highest BCUT2D eigenvalue weighted by Crippen LogP contribution is 2.17. The molecule has 0 N–H and O–H groups in total. The van der Waals surface area contributed by atoms with Crippen molar-refractivity contribution in [2.75, 3.05) is 6.61 Å². The summed E-state index contributed by atoms with van der Waals surface area (Å²) in [6.45, 7) is 7.85. The maximum absolute atomic E-state index is 11.8. The largest absolute Gasteiger partial charge is 0.421 e. The molecule has 0 amide bonds. The summed E-state index contributed by atoms with van der Waals surface area (Å²) in [6, 6.07) is 6.85. The van der Waals surface area contributed by atoms with E-state index in [1.54, 1.807) is 0 Å². The molecule has 6 heteroatoms. The summed E-state index contributed by atoms with van der Waals surface area (Å²) < 4.78 is 12.4. The van der Waals surface area contributed by atoms with Crippen LogP contribution in [-0.2, 0) is 16.8 Å². The average molecular weight is 358 g/mol. The van der Waals surface area contributed by atoms with E-state index >= 15 is 0 Å². The van der Waals surface area contributed by atoms with Crippen molar-refractivity contribution < 1.29 is 9.15 Å². The second-order valence-electron chi connectivity index (χ2n) is 6.08. The lowest BCUT2D eigenvalue weighted by atomic mass is 10.2. The molecule has 1 aromatic heterocycles. The molecule has 0 fully saturated rings. The Morgan fingerprint density at radius 2 is 2.10 bits per heavy atom. The summed E-state index contributed by atoms with van der Waals surface area (Å²) in [5, 5.41) is 0.741. The molecule has 0 aliphatic carbocycles. The van der Waals surface area contributed by atoms with Crippen LogP contribution in [0.3, 0.4) is 0 Å². The lowest BCUT2D eigenvalue weighted by molar-refractivity contribution is 0.0850. The zero-order valence-corrected chi connectivity index (χ0v) is 14.7. The van der Waals surface area contributed by atoms with Gasteiger partial charge in [0.2, 0.25) is 0 Å². The number of halogens is 1. The smallest absolute Gasteiger partial charge is 0.408 e. The number of alkyl halides is 1. The van der Waals surface area contributed by atoms with Gasteiger partial charge in [0.15, 0.2) is 5.58 Å². The van der Waals surface area contributed by atoms with Gasteiger partial charge < -0.3 is 9.15 Å². The van der Waals surface area contributed by atoms with Crippen molar-refractivity contribution in [3.8, 4) is 0 Å². The Labute approximate surface area is 127 Å². The van der Waals surface area contributed by atoms with Crippen molar-refractivity contribution in [3.63, 3.8) is 0 Å². The van der Waals surface area contributed by atoms with Crippen molar-refractivity contribution in [2.24, 2.45) is 0 Å². The topological polar surface area (TPSA) is 44.4 Å². The van der Waals surface area contributed by atoms with Crippen molar-refractivity contribution >= 4 is 35.1 Å². The molecule has 0 spiro atoms. The third-order valence-electron chi connectivity index (χ3n) is 3.10. The van der Waals surface area contributed by atoms with Crippen molar-refractivity contribution in [3.05, 3.63) is 34.3 Å². The fourth-order valence-corrected chi connectivity index (χ4v) is 2.96. The van der Waals surface area contributed by atoms with E-state index < -0.39 is 8.07 Å². The SMILES string of the molecule is C[Si](C)(C)CCOCn1c(=O)oc2cc(CBr)ccc21. The Balaban J connectivity index is 2.10. The van der Waals surface area contributed by atoms with Crippen LogP contribution in [-0.4, -0.2) is 19.2 Å². The molecule has 0 bridgehead atoms. The van der Waals surface area contributed by atoms with Gasteiger partial charge in [-0.2, -0.15) is 0 Å². The molecule has 0 aliphatic heterocycles. The van der Waals surface area contributed by atoms with E-state index in [9.17, 15) is 4.79 Å². The molecule has 0 radical (unpaired) electrons. The first-order chi connectivity index (χ1) is 9.40. The number of nitrogens with zero attached hydrogens (tertiary/aromatic N) is 1. The van der Waals surface area contributed by atoms with Gasteiger partial charge in [-0.1, -0.05) is 41.6 Å². The third-order valence-corrected chi connectivity index (χ3v) is 5.46. The maximum atomic E-state index is 11.8. The Hall–Kier alpha value is -0.853. The maximum Gasteiger partial charge on any atom is 0.421 e. The second kappa shape index (κ2) is 6.28. The standard InChI is InChI=1S/C14H20BrNO3Si/c1-20(2,3)7-6-18-10-16-12-5-4-11(9-15)8-13(12)19-14(16)17/h4-5,8H,6-7,9-10H2,1-3H3. The lowest BCUT2D eigenvalue weighted by Gasteiger charge is -2.15. The van der Waals surface area contributed by atoms with Gasteiger partial charge in [-0.05, 0) is 23.7 Å². The third kappa shape index (κ3) is 3.83. The molecule has 2 rings (SSSR count). The van der Waals surface area contributed by atoms with Crippen LogP contribution >= 0.6 is 15.9 Å². The quantitative estimate of drug-likeness (QED) is 0.448. The molecule has 1 aromatic carbocycles. The number of fused-ring (bicyclic) bond motifs is 1. The fourth-order valence-electron chi connectivity index (χ4n) is 1.85. The minimum absolute atomic E-state index is 0.254. The molecule has 0 atom stereocenters. The van der Waals surface area contributed by atoms with Crippen LogP contribution in [0.5, 0.6) is 0 Å². The van der Waals surface area contributed by atoms with Gasteiger partial charge in [0, 0.05) is 20.0 Å². The molecule has 4 nitrogen and oxygen atoms in total. The molecule has 0 saturated carbocycles. The predicted molar refractivity (Wildman–Crippen MR) is 87.2 cm³/mol. The van der Waals surface area contributed by atoms with Gasteiger partial charge in [0.25, 0.3) is 0 Å². The van der Waals surface area contributed by atoms with E-state index in [0.717, 1.165) is 22.5 Å². The second-order valence-corrected chi connectivity index (χ2v) is 12.3. The molecule has 0 aliphatic rings. The van der Waals surface area contributed by atoms with Crippen molar-refractivity contribution in [2.45, 2.75) is 37.7 Å².